The Morgan fingerprint density at radius 2 is 2.12 bits per heavy atom. The van der Waals surface area contributed by atoms with Gasteiger partial charge in [0.25, 0.3) is 0 Å². The van der Waals surface area contributed by atoms with E-state index in [2.05, 4.69) is 34.2 Å². The SMILES string of the molecule is CNC(c1ccc(C)o1)c1sc(C)cc1Br. The van der Waals surface area contributed by atoms with E-state index in [1.54, 1.807) is 11.3 Å². The van der Waals surface area contributed by atoms with Gasteiger partial charge in [-0.3, -0.25) is 0 Å². The molecule has 0 amide bonds. The molecule has 4 heteroatoms. The van der Waals surface area contributed by atoms with Gasteiger partial charge in [0.15, 0.2) is 0 Å². The molecule has 1 unspecified atom stereocenters. The van der Waals surface area contributed by atoms with Crippen LogP contribution in [0.2, 0.25) is 0 Å². The van der Waals surface area contributed by atoms with Crippen LogP contribution in [0.1, 0.15) is 27.3 Å². The molecule has 0 radical (unpaired) electrons. The summed E-state index contributed by atoms with van der Waals surface area (Å²) >= 11 is 5.37. The Balaban J connectivity index is 2.40. The van der Waals surface area contributed by atoms with Crippen molar-refractivity contribution in [1.82, 2.24) is 5.32 Å². The average molecular weight is 300 g/mol. The fourth-order valence-electron chi connectivity index (χ4n) is 1.71. The summed E-state index contributed by atoms with van der Waals surface area (Å²) in [5.41, 5.74) is 0. The largest absolute Gasteiger partial charge is 0.464 e. The molecule has 1 N–H and O–H groups in total. The molecule has 86 valence electrons. The van der Waals surface area contributed by atoms with E-state index in [9.17, 15) is 0 Å². The number of hydrogen-bond acceptors (Lipinski definition) is 3. The van der Waals surface area contributed by atoms with Gasteiger partial charge in [-0.2, -0.15) is 0 Å². The number of aryl methyl sites for hydroxylation is 2. The lowest BCUT2D eigenvalue weighted by molar-refractivity contribution is 0.446. The molecule has 0 aliphatic carbocycles. The van der Waals surface area contributed by atoms with Crippen LogP contribution in [0.3, 0.4) is 0 Å². The molecule has 0 aromatic carbocycles. The third-order valence-corrected chi connectivity index (χ3v) is 4.47. The zero-order valence-corrected chi connectivity index (χ0v) is 11.9. The van der Waals surface area contributed by atoms with Crippen LogP contribution in [-0.2, 0) is 0 Å². The van der Waals surface area contributed by atoms with E-state index in [0.29, 0.717) is 0 Å². The maximum atomic E-state index is 5.68. The standard InChI is InChI=1S/C12H14BrNOS/c1-7-4-5-10(15-7)11(14-3)12-9(13)6-8(2)16-12/h4-6,11,14H,1-3H3. The predicted molar refractivity (Wildman–Crippen MR) is 71.1 cm³/mol. The van der Waals surface area contributed by atoms with E-state index in [1.807, 2.05) is 26.1 Å². The first kappa shape index (κ1) is 11.9. The van der Waals surface area contributed by atoms with E-state index in [1.165, 1.54) is 9.75 Å². The molecule has 2 aromatic rings. The van der Waals surface area contributed by atoms with Crippen molar-refractivity contribution in [3.63, 3.8) is 0 Å². The van der Waals surface area contributed by atoms with E-state index in [0.717, 1.165) is 16.0 Å². The highest BCUT2D eigenvalue weighted by molar-refractivity contribution is 9.10. The Bertz CT molecular complexity index is 489. The fourth-order valence-corrected chi connectivity index (χ4v) is 3.71. The van der Waals surface area contributed by atoms with Crippen molar-refractivity contribution in [3.05, 3.63) is 43.9 Å². The molecule has 0 saturated carbocycles. The van der Waals surface area contributed by atoms with Crippen LogP contribution in [0.4, 0.5) is 0 Å². The summed E-state index contributed by atoms with van der Waals surface area (Å²) in [7, 11) is 1.95. The van der Waals surface area contributed by atoms with Gasteiger partial charge in [-0.25, -0.2) is 0 Å². The lowest BCUT2D eigenvalue weighted by Gasteiger charge is -2.12. The molecule has 2 nitrogen and oxygen atoms in total. The van der Waals surface area contributed by atoms with Crippen LogP contribution in [0.5, 0.6) is 0 Å². The van der Waals surface area contributed by atoms with Crippen LogP contribution in [0.15, 0.2) is 27.1 Å². The third-order valence-electron chi connectivity index (χ3n) is 2.43. The maximum absolute atomic E-state index is 5.68. The molecule has 0 aliphatic heterocycles. The molecule has 0 saturated heterocycles. The molecule has 2 rings (SSSR count). The van der Waals surface area contributed by atoms with Gasteiger partial charge in [0, 0.05) is 14.2 Å². The minimum Gasteiger partial charge on any atom is -0.464 e. The number of rotatable bonds is 3. The molecule has 16 heavy (non-hydrogen) atoms. The van der Waals surface area contributed by atoms with Crippen molar-refractivity contribution in [2.24, 2.45) is 0 Å². The zero-order valence-electron chi connectivity index (χ0n) is 9.50. The van der Waals surface area contributed by atoms with E-state index < -0.39 is 0 Å². The number of halogens is 1. The first-order chi connectivity index (χ1) is 7.61. The van der Waals surface area contributed by atoms with Gasteiger partial charge in [-0.15, -0.1) is 11.3 Å². The highest BCUT2D eigenvalue weighted by atomic mass is 79.9. The molecule has 0 spiro atoms. The van der Waals surface area contributed by atoms with Crippen molar-refractivity contribution in [1.29, 1.82) is 0 Å². The first-order valence-corrected chi connectivity index (χ1v) is 6.72. The monoisotopic (exact) mass is 299 g/mol. The smallest absolute Gasteiger partial charge is 0.126 e. The normalized spacial score (nSPS) is 13.0. The number of hydrogen-bond donors (Lipinski definition) is 1. The van der Waals surface area contributed by atoms with Crippen molar-refractivity contribution in [2.45, 2.75) is 19.9 Å². The molecular formula is C12H14BrNOS. The number of nitrogens with one attached hydrogen (secondary N) is 1. The molecule has 0 bridgehead atoms. The average Bonchev–Trinajstić information content (AvgIpc) is 2.76. The summed E-state index contributed by atoms with van der Waals surface area (Å²) < 4.78 is 6.82. The topological polar surface area (TPSA) is 25.2 Å². The van der Waals surface area contributed by atoms with Gasteiger partial charge >= 0.3 is 0 Å². The molecular weight excluding hydrogens is 286 g/mol. The van der Waals surface area contributed by atoms with E-state index in [4.69, 9.17) is 4.42 Å². The van der Waals surface area contributed by atoms with Crippen molar-refractivity contribution in [2.75, 3.05) is 7.05 Å². The fraction of sp³-hybridized carbons (Fsp3) is 0.333. The first-order valence-electron chi connectivity index (χ1n) is 5.11. The second-order valence-electron chi connectivity index (χ2n) is 3.74. The minimum absolute atomic E-state index is 0.127. The molecule has 2 aromatic heterocycles. The van der Waals surface area contributed by atoms with Crippen LogP contribution in [0.25, 0.3) is 0 Å². The summed E-state index contributed by atoms with van der Waals surface area (Å²) in [5.74, 6) is 1.90. The Morgan fingerprint density at radius 1 is 1.38 bits per heavy atom. The lowest BCUT2D eigenvalue weighted by Crippen LogP contribution is -2.16. The van der Waals surface area contributed by atoms with Crippen LogP contribution < -0.4 is 5.32 Å². The highest BCUT2D eigenvalue weighted by Gasteiger charge is 2.20. The van der Waals surface area contributed by atoms with Gasteiger partial charge < -0.3 is 9.73 Å². The quantitative estimate of drug-likeness (QED) is 0.926. The third kappa shape index (κ3) is 2.24. The van der Waals surface area contributed by atoms with E-state index >= 15 is 0 Å². The molecule has 2 heterocycles. The van der Waals surface area contributed by atoms with Gasteiger partial charge in [-0.05, 0) is 55.0 Å². The molecule has 1 atom stereocenters. The summed E-state index contributed by atoms with van der Waals surface area (Å²) in [6.07, 6.45) is 0. The summed E-state index contributed by atoms with van der Waals surface area (Å²) in [5, 5.41) is 3.29. The van der Waals surface area contributed by atoms with Crippen molar-refractivity contribution >= 4 is 27.3 Å². The van der Waals surface area contributed by atoms with Crippen molar-refractivity contribution in [3.8, 4) is 0 Å². The Morgan fingerprint density at radius 3 is 2.56 bits per heavy atom. The van der Waals surface area contributed by atoms with Gasteiger partial charge in [0.2, 0.25) is 0 Å². The summed E-state index contributed by atoms with van der Waals surface area (Å²) in [6.45, 7) is 4.07. The van der Waals surface area contributed by atoms with Gasteiger partial charge in [0.05, 0.1) is 0 Å². The summed E-state index contributed by atoms with van der Waals surface area (Å²) in [4.78, 5) is 2.56. The van der Waals surface area contributed by atoms with Crippen LogP contribution in [0, 0.1) is 13.8 Å². The van der Waals surface area contributed by atoms with Crippen LogP contribution in [-0.4, -0.2) is 7.05 Å². The number of thiophene rings is 1. The van der Waals surface area contributed by atoms with E-state index in [-0.39, 0.29) is 6.04 Å². The highest BCUT2D eigenvalue weighted by Crippen LogP contribution is 2.35. The molecule has 0 aliphatic rings. The Hall–Kier alpha value is -0.580. The Labute approximate surface area is 108 Å². The second kappa shape index (κ2) is 4.73. The Kier molecular flexibility index (Phi) is 3.52. The van der Waals surface area contributed by atoms with Crippen LogP contribution >= 0.6 is 27.3 Å². The second-order valence-corrected chi connectivity index (χ2v) is 5.88. The van der Waals surface area contributed by atoms with Gasteiger partial charge in [-0.1, -0.05) is 0 Å². The summed E-state index contributed by atoms with van der Waals surface area (Å²) in [6, 6.07) is 6.29. The minimum atomic E-state index is 0.127. The van der Waals surface area contributed by atoms with Gasteiger partial charge in [0.1, 0.15) is 17.6 Å². The predicted octanol–water partition coefficient (Wildman–Crippen LogP) is 4.03. The molecule has 0 fully saturated rings. The number of furan rings is 1. The zero-order chi connectivity index (χ0) is 11.7. The van der Waals surface area contributed by atoms with Crippen molar-refractivity contribution < 1.29 is 4.42 Å². The lowest BCUT2D eigenvalue weighted by atomic mass is 10.2. The maximum Gasteiger partial charge on any atom is 0.126 e.